The van der Waals surface area contributed by atoms with Crippen LogP contribution in [0, 0.1) is 40.9 Å². The summed E-state index contributed by atoms with van der Waals surface area (Å²) in [4.78, 5) is 0. The monoisotopic (exact) mass is 516 g/mol. The van der Waals surface area contributed by atoms with E-state index in [9.17, 15) is 35.1 Å². The highest BCUT2D eigenvalue weighted by Gasteiger charge is 2.24. The van der Waals surface area contributed by atoms with Crippen LogP contribution in [0.5, 0.6) is 0 Å². The lowest BCUT2D eigenvalue weighted by molar-refractivity contribution is -0.0696. The van der Waals surface area contributed by atoms with Crippen molar-refractivity contribution in [2.45, 2.75) is 19.5 Å². The Balaban J connectivity index is 1.70. The van der Waals surface area contributed by atoms with Crippen LogP contribution in [0.3, 0.4) is 0 Å². The van der Waals surface area contributed by atoms with Crippen LogP contribution in [0.1, 0.15) is 18.1 Å². The van der Waals surface area contributed by atoms with E-state index in [1.54, 1.807) is 6.07 Å². The molecule has 0 aliphatic heterocycles. The first-order valence-electron chi connectivity index (χ1n) is 10.9. The zero-order valence-corrected chi connectivity index (χ0v) is 19.1. The predicted octanol–water partition coefficient (Wildman–Crippen LogP) is 8.86. The van der Waals surface area contributed by atoms with Crippen molar-refractivity contribution in [2.75, 3.05) is 0 Å². The fourth-order valence-electron chi connectivity index (χ4n) is 3.84. The Labute approximate surface area is 207 Å². The summed E-state index contributed by atoms with van der Waals surface area (Å²) in [6.45, 7) is 2.00. The molecular formula is C29H16F8. The van der Waals surface area contributed by atoms with Crippen molar-refractivity contribution in [1.29, 1.82) is 0 Å². The minimum absolute atomic E-state index is 0.103. The van der Waals surface area contributed by atoms with Gasteiger partial charge in [-0.3, -0.25) is 0 Å². The summed E-state index contributed by atoms with van der Waals surface area (Å²) in [7, 11) is 0. The molecule has 0 aliphatic carbocycles. The Kier molecular flexibility index (Phi) is 7.08. The van der Waals surface area contributed by atoms with Crippen LogP contribution in [-0.2, 0) is 6.42 Å². The van der Waals surface area contributed by atoms with Crippen LogP contribution in [0.4, 0.5) is 35.1 Å². The molecule has 0 aromatic heterocycles. The van der Waals surface area contributed by atoms with Gasteiger partial charge in [0.15, 0.2) is 0 Å². The molecule has 0 nitrogen and oxygen atoms in total. The maximum atomic E-state index is 14.9. The Morgan fingerprint density at radius 3 is 1.62 bits per heavy atom. The number of halogens is 8. The molecule has 37 heavy (non-hydrogen) atoms. The maximum absolute atomic E-state index is 14.9. The Morgan fingerprint density at radius 1 is 0.595 bits per heavy atom. The molecular weight excluding hydrogens is 500 g/mol. The Bertz CT molecular complexity index is 1490. The van der Waals surface area contributed by atoms with Crippen molar-refractivity contribution in [2.24, 2.45) is 0 Å². The second-order valence-corrected chi connectivity index (χ2v) is 8.12. The van der Waals surface area contributed by atoms with Gasteiger partial charge in [0.2, 0.25) is 0 Å². The van der Waals surface area contributed by atoms with Crippen molar-refractivity contribution >= 4 is 0 Å². The van der Waals surface area contributed by atoms with Crippen LogP contribution < -0.4 is 0 Å². The molecule has 0 amide bonds. The number of rotatable bonds is 4. The van der Waals surface area contributed by atoms with Gasteiger partial charge < -0.3 is 0 Å². The molecule has 0 bridgehead atoms. The third kappa shape index (κ3) is 5.67. The van der Waals surface area contributed by atoms with E-state index in [0.717, 1.165) is 35.6 Å². The van der Waals surface area contributed by atoms with Crippen LogP contribution >= 0.6 is 0 Å². The molecule has 4 aromatic rings. The topological polar surface area (TPSA) is 0 Å². The van der Waals surface area contributed by atoms with Crippen molar-refractivity contribution in [1.82, 2.24) is 0 Å². The molecule has 0 unspecified atom stereocenters. The van der Waals surface area contributed by atoms with Crippen LogP contribution in [0.25, 0.3) is 33.4 Å². The van der Waals surface area contributed by atoms with E-state index < -0.39 is 52.0 Å². The van der Waals surface area contributed by atoms with Crippen LogP contribution in [0.2, 0.25) is 0 Å². The fourth-order valence-corrected chi connectivity index (χ4v) is 3.84. The van der Waals surface area contributed by atoms with Crippen molar-refractivity contribution in [3.8, 4) is 45.2 Å². The largest absolute Gasteiger partial charge is 0.458 e. The number of alkyl halides is 3. The van der Waals surface area contributed by atoms with Gasteiger partial charge in [-0.25, -0.2) is 22.0 Å². The lowest BCUT2D eigenvalue weighted by atomic mass is 9.95. The smallest absolute Gasteiger partial charge is 0.206 e. The second-order valence-electron chi connectivity index (χ2n) is 8.12. The van der Waals surface area contributed by atoms with E-state index >= 15 is 0 Å². The molecule has 0 saturated heterocycles. The highest BCUT2D eigenvalue weighted by atomic mass is 19.4. The van der Waals surface area contributed by atoms with Crippen LogP contribution in [-0.4, -0.2) is 6.18 Å². The molecule has 0 saturated carbocycles. The highest BCUT2D eigenvalue weighted by Crippen LogP contribution is 2.35. The molecule has 0 spiro atoms. The number of aryl methyl sites for hydroxylation is 1. The van der Waals surface area contributed by atoms with Gasteiger partial charge in [0, 0.05) is 11.5 Å². The Hall–Kier alpha value is -4.12. The van der Waals surface area contributed by atoms with Gasteiger partial charge in [-0.1, -0.05) is 49.2 Å². The van der Waals surface area contributed by atoms with E-state index in [-0.39, 0.29) is 11.1 Å². The summed E-state index contributed by atoms with van der Waals surface area (Å²) in [5.41, 5.74) is -0.457. The summed E-state index contributed by atoms with van der Waals surface area (Å²) in [6.07, 6.45) is -4.14. The number of hydrogen-bond acceptors (Lipinski definition) is 0. The summed E-state index contributed by atoms with van der Waals surface area (Å²) < 4.78 is 110. The van der Waals surface area contributed by atoms with Gasteiger partial charge in [-0.05, 0) is 64.6 Å². The lowest BCUT2D eigenvalue weighted by Crippen LogP contribution is -2.03. The molecule has 0 fully saturated rings. The molecule has 8 heteroatoms. The zero-order valence-electron chi connectivity index (χ0n) is 19.1. The van der Waals surface area contributed by atoms with Crippen LogP contribution in [0.15, 0.2) is 66.7 Å². The third-order valence-corrected chi connectivity index (χ3v) is 5.68. The highest BCUT2D eigenvalue weighted by molar-refractivity contribution is 5.75. The normalized spacial score (nSPS) is 11.3. The molecule has 0 radical (unpaired) electrons. The Morgan fingerprint density at radius 2 is 1.11 bits per heavy atom. The molecule has 4 rings (SSSR count). The van der Waals surface area contributed by atoms with Gasteiger partial charge in [0.1, 0.15) is 29.1 Å². The van der Waals surface area contributed by atoms with Gasteiger partial charge in [0.25, 0.3) is 0 Å². The zero-order chi connectivity index (χ0) is 26.9. The van der Waals surface area contributed by atoms with Crippen molar-refractivity contribution in [3.05, 3.63) is 107 Å². The average molecular weight is 516 g/mol. The van der Waals surface area contributed by atoms with Gasteiger partial charge in [0.05, 0.1) is 11.1 Å². The maximum Gasteiger partial charge on any atom is 0.458 e. The first-order chi connectivity index (χ1) is 17.5. The quantitative estimate of drug-likeness (QED) is 0.188. The molecule has 0 atom stereocenters. The van der Waals surface area contributed by atoms with Gasteiger partial charge in [-0.2, -0.15) is 13.2 Å². The average Bonchev–Trinajstić information content (AvgIpc) is 2.82. The lowest BCUT2D eigenvalue weighted by Gasteiger charge is -2.12. The molecule has 4 aromatic carbocycles. The van der Waals surface area contributed by atoms with Gasteiger partial charge >= 0.3 is 6.18 Å². The number of benzene rings is 4. The van der Waals surface area contributed by atoms with E-state index in [0.29, 0.717) is 17.7 Å². The first kappa shape index (κ1) is 26.0. The van der Waals surface area contributed by atoms with Gasteiger partial charge in [-0.15, -0.1) is 0 Å². The molecule has 0 aliphatic rings. The van der Waals surface area contributed by atoms with E-state index in [4.69, 9.17) is 0 Å². The summed E-state index contributed by atoms with van der Waals surface area (Å²) in [6, 6.07) is 14.2. The summed E-state index contributed by atoms with van der Waals surface area (Å²) >= 11 is 0. The van der Waals surface area contributed by atoms with Crippen molar-refractivity contribution in [3.63, 3.8) is 0 Å². The molecule has 0 heterocycles. The first-order valence-corrected chi connectivity index (χ1v) is 10.9. The van der Waals surface area contributed by atoms with E-state index in [2.05, 4.69) is 0 Å². The summed E-state index contributed by atoms with van der Waals surface area (Å²) in [5, 5.41) is 0. The molecule has 188 valence electrons. The van der Waals surface area contributed by atoms with E-state index in [1.807, 2.05) is 31.2 Å². The number of hydrogen-bond donors (Lipinski definition) is 0. The predicted molar refractivity (Wildman–Crippen MR) is 125 cm³/mol. The van der Waals surface area contributed by atoms with E-state index in [1.165, 1.54) is 18.1 Å². The fraction of sp³-hybridized carbons (Fsp3) is 0.103. The SMILES string of the molecule is CCc1ccc(-c2ccc(-c3cc(F)c(-c4cc(F)c(C#CC(F)(F)F)c(F)c4)c(F)c3)c(F)c2)cc1. The summed E-state index contributed by atoms with van der Waals surface area (Å²) in [5.74, 6) is -4.22. The molecule has 0 N–H and O–H groups in total. The standard InChI is InChI=1S/C29H16F8/c1-2-16-3-5-17(6-4-16)18-7-8-21(23(30)11-18)19-12-26(33)28(27(34)13-19)20-14-24(31)22(25(32)15-20)9-10-29(35,36)37/h3-8,11-15H,2H2,1H3. The second kappa shape index (κ2) is 10.1. The third-order valence-electron chi connectivity index (χ3n) is 5.68. The minimum atomic E-state index is -4.99. The minimum Gasteiger partial charge on any atom is -0.206 e. The van der Waals surface area contributed by atoms with Crippen molar-refractivity contribution < 1.29 is 35.1 Å².